The Hall–Kier alpha value is -0.890. The molecule has 1 aromatic rings. The Bertz CT molecular complexity index is 351. The van der Waals surface area contributed by atoms with Gasteiger partial charge in [-0.15, -0.1) is 0 Å². The highest BCUT2D eigenvalue weighted by molar-refractivity contribution is 6.33. The maximum absolute atomic E-state index is 6.12. The molecule has 0 saturated heterocycles. The first-order valence-electron chi connectivity index (χ1n) is 4.84. The summed E-state index contributed by atoms with van der Waals surface area (Å²) in [6.45, 7) is 3.19. The van der Waals surface area contributed by atoms with E-state index in [0.29, 0.717) is 5.92 Å². The zero-order valence-electron chi connectivity index (χ0n) is 8.43. The summed E-state index contributed by atoms with van der Waals surface area (Å²) in [6.07, 6.45) is 1.13. The Kier molecular flexibility index (Phi) is 2.55. The van der Waals surface area contributed by atoms with Gasteiger partial charge in [0.1, 0.15) is 5.75 Å². The summed E-state index contributed by atoms with van der Waals surface area (Å²) < 4.78 is 5.34. The predicted molar refractivity (Wildman–Crippen MR) is 59.5 cm³/mol. The van der Waals surface area contributed by atoms with Gasteiger partial charge in [0, 0.05) is 12.1 Å². The van der Waals surface area contributed by atoms with Crippen LogP contribution in [-0.4, -0.2) is 13.7 Å². The monoisotopic (exact) mass is 211 g/mol. The number of benzene rings is 1. The van der Waals surface area contributed by atoms with Crippen LogP contribution in [0.4, 0.5) is 5.69 Å². The quantitative estimate of drug-likeness (QED) is 0.770. The molecular formula is C11H14ClNO. The fraction of sp³-hybridized carbons (Fsp3) is 0.455. The van der Waals surface area contributed by atoms with Gasteiger partial charge in [-0.3, -0.25) is 0 Å². The van der Waals surface area contributed by atoms with E-state index < -0.39 is 0 Å². The van der Waals surface area contributed by atoms with Crippen LogP contribution in [-0.2, 0) is 0 Å². The SMILES string of the molecule is COc1ccc(Cl)c2c1C(C)CCN2. The predicted octanol–water partition coefficient (Wildman–Crippen LogP) is 3.27. The van der Waals surface area contributed by atoms with Crippen LogP contribution in [0.15, 0.2) is 12.1 Å². The van der Waals surface area contributed by atoms with Crippen LogP contribution < -0.4 is 10.1 Å². The fourth-order valence-electron chi connectivity index (χ4n) is 1.98. The third-order valence-corrected chi connectivity index (χ3v) is 3.06. The molecule has 1 atom stereocenters. The summed E-state index contributed by atoms with van der Waals surface area (Å²) in [5.41, 5.74) is 2.26. The first-order valence-corrected chi connectivity index (χ1v) is 5.22. The summed E-state index contributed by atoms with van der Waals surface area (Å²) in [4.78, 5) is 0. The molecule has 0 saturated carbocycles. The Morgan fingerprint density at radius 1 is 1.50 bits per heavy atom. The van der Waals surface area contributed by atoms with Gasteiger partial charge in [-0.1, -0.05) is 18.5 Å². The first-order chi connectivity index (χ1) is 6.74. The standard InChI is InChI=1S/C11H14ClNO/c1-7-5-6-13-11-8(12)3-4-9(14-2)10(7)11/h3-4,7,13H,5-6H2,1-2H3. The summed E-state index contributed by atoms with van der Waals surface area (Å²) in [6, 6.07) is 3.81. The molecule has 2 rings (SSSR count). The second kappa shape index (κ2) is 3.70. The van der Waals surface area contributed by atoms with Crippen molar-refractivity contribution in [1.29, 1.82) is 0 Å². The highest BCUT2D eigenvalue weighted by atomic mass is 35.5. The van der Waals surface area contributed by atoms with Crippen molar-refractivity contribution in [2.24, 2.45) is 0 Å². The molecule has 0 spiro atoms. The fourth-order valence-corrected chi connectivity index (χ4v) is 2.21. The van der Waals surface area contributed by atoms with E-state index >= 15 is 0 Å². The van der Waals surface area contributed by atoms with Crippen molar-refractivity contribution in [2.45, 2.75) is 19.3 Å². The molecule has 0 aromatic heterocycles. The highest BCUT2D eigenvalue weighted by Crippen LogP contribution is 2.42. The van der Waals surface area contributed by atoms with E-state index in [1.165, 1.54) is 5.56 Å². The van der Waals surface area contributed by atoms with Gasteiger partial charge in [-0.25, -0.2) is 0 Å². The second-order valence-corrected chi connectivity index (χ2v) is 4.06. The van der Waals surface area contributed by atoms with Crippen LogP contribution in [0.25, 0.3) is 0 Å². The third-order valence-electron chi connectivity index (χ3n) is 2.75. The molecule has 1 aliphatic rings. The second-order valence-electron chi connectivity index (χ2n) is 3.65. The van der Waals surface area contributed by atoms with Crippen LogP contribution in [0.3, 0.4) is 0 Å². The molecule has 1 N–H and O–H groups in total. The average Bonchev–Trinajstić information content (AvgIpc) is 2.20. The van der Waals surface area contributed by atoms with Crippen molar-refractivity contribution in [3.63, 3.8) is 0 Å². The number of hydrogen-bond donors (Lipinski definition) is 1. The molecule has 0 aliphatic carbocycles. The van der Waals surface area contributed by atoms with Crippen LogP contribution in [0.2, 0.25) is 5.02 Å². The van der Waals surface area contributed by atoms with Crippen molar-refractivity contribution in [3.05, 3.63) is 22.7 Å². The van der Waals surface area contributed by atoms with E-state index in [0.717, 1.165) is 29.4 Å². The minimum Gasteiger partial charge on any atom is -0.496 e. The number of anilines is 1. The number of halogens is 1. The molecule has 1 aromatic carbocycles. The molecule has 1 unspecified atom stereocenters. The number of hydrogen-bond acceptors (Lipinski definition) is 2. The van der Waals surface area contributed by atoms with Crippen LogP contribution in [0.1, 0.15) is 24.8 Å². The topological polar surface area (TPSA) is 21.3 Å². The van der Waals surface area contributed by atoms with E-state index in [1.54, 1.807) is 7.11 Å². The van der Waals surface area contributed by atoms with Crippen LogP contribution >= 0.6 is 11.6 Å². The number of fused-ring (bicyclic) bond motifs is 1. The van der Waals surface area contributed by atoms with Gasteiger partial charge < -0.3 is 10.1 Å². The Morgan fingerprint density at radius 3 is 3.00 bits per heavy atom. The smallest absolute Gasteiger partial charge is 0.124 e. The number of nitrogens with one attached hydrogen (secondary N) is 1. The minimum atomic E-state index is 0.514. The number of methoxy groups -OCH3 is 1. The lowest BCUT2D eigenvalue weighted by Gasteiger charge is -2.26. The molecule has 0 radical (unpaired) electrons. The molecule has 0 bridgehead atoms. The largest absolute Gasteiger partial charge is 0.496 e. The molecule has 3 heteroatoms. The summed E-state index contributed by atoms with van der Waals surface area (Å²) >= 11 is 6.12. The Morgan fingerprint density at radius 2 is 2.29 bits per heavy atom. The van der Waals surface area contributed by atoms with Gasteiger partial charge in [-0.2, -0.15) is 0 Å². The van der Waals surface area contributed by atoms with Gasteiger partial charge in [0.05, 0.1) is 17.8 Å². The van der Waals surface area contributed by atoms with Crippen molar-refractivity contribution in [2.75, 3.05) is 19.0 Å². The number of rotatable bonds is 1. The molecule has 76 valence electrons. The van der Waals surface area contributed by atoms with Crippen molar-refractivity contribution < 1.29 is 4.74 Å². The normalized spacial score (nSPS) is 19.8. The van der Waals surface area contributed by atoms with E-state index in [4.69, 9.17) is 16.3 Å². The molecule has 0 amide bonds. The van der Waals surface area contributed by atoms with Crippen molar-refractivity contribution >= 4 is 17.3 Å². The van der Waals surface area contributed by atoms with Gasteiger partial charge in [0.2, 0.25) is 0 Å². The molecular weight excluding hydrogens is 198 g/mol. The van der Waals surface area contributed by atoms with E-state index in [1.807, 2.05) is 12.1 Å². The van der Waals surface area contributed by atoms with Crippen molar-refractivity contribution in [1.82, 2.24) is 0 Å². The third kappa shape index (κ3) is 1.44. The number of ether oxygens (including phenoxy) is 1. The Labute approximate surface area is 89.2 Å². The zero-order chi connectivity index (χ0) is 10.1. The molecule has 1 aliphatic heterocycles. The molecule has 0 fully saturated rings. The van der Waals surface area contributed by atoms with E-state index in [9.17, 15) is 0 Å². The first kappa shape index (κ1) is 9.66. The van der Waals surface area contributed by atoms with E-state index in [-0.39, 0.29) is 0 Å². The van der Waals surface area contributed by atoms with Gasteiger partial charge >= 0.3 is 0 Å². The minimum absolute atomic E-state index is 0.514. The maximum atomic E-state index is 6.12. The van der Waals surface area contributed by atoms with Gasteiger partial charge in [0.25, 0.3) is 0 Å². The zero-order valence-corrected chi connectivity index (χ0v) is 9.19. The summed E-state index contributed by atoms with van der Waals surface area (Å²) in [5, 5.41) is 4.11. The van der Waals surface area contributed by atoms with Gasteiger partial charge in [-0.05, 0) is 24.5 Å². The average molecular weight is 212 g/mol. The lowest BCUT2D eigenvalue weighted by molar-refractivity contribution is 0.405. The van der Waals surface area contributed by atoms with Crippen LogP contribution in [0.5, 0.6) is 5.75 Å². The lowest BCUT2D eigenvalue weighted by Crippen LogP contribution is -2.16. The molecule has 14 heavy (non-hydrogen) atoms. The molecule has 2 nitrogen and oxygen atoms in total. The summed E-state index contributed by atoms with van der Waals surface area (Å²) in [7, 11) is 1.70. The highest BCUT2D eigenvalue weighted by Gasteiger charge is 2.22. The van der Waals surface area contributed by atoms with Crippen molar-refractivity contribution in [3.8, 4) is 5.75 Å². The summed E-state index contributed by atoms with van der Waals surface area (Å²) in [5.74, 6) is 1.45. The van der Waals surface area contributed by atoms with E-state index in [2.05, 4.69) is 12.2 Å². The van der Waals surface area contributed by atoms with Gasteiger partial charge in [0.15, 0.2) is 0 Å². The lowest BCUT2D eigenvalue weighted by atomic mass is 9.92. The molecule has 1 heterocycles. The van der Waals surface area contributed by atoms with Crippen LogP contribution in [0, 0.1) is 0 Å². The Balaban J connectivity index is 2.58. The maximum Gasteiger partial charge on any atom is 0.124 e.